The average Bonchev–Trinajstić information content (AvgIpc) is 2.80. The number of nitrogens with one attached hydrogen (secondary N) is 1. The number of carbonyl (C=O) groups excluding carboxylic acids is 1. The molecule has 1 heterocycles. The highest BCUT2D eigenvalue weighted by Gasteiger charge is 2.54. The Hall–Kier alpha value is -0.860. The third-order valence-electron chi connectivity index (χ3n) is 7.68. The van der Waals surface area contributed by atoms with Crippen molar-refractivity contribution >= 4 is 11.7 Å². The van der Waals surface area contributed by atoms with Crippen LogP contribution in [0.2, 0.25) is 0 Å². The zero-order valence-electron chi connectivity index (χ0n) is 14.2. The van der Waals surface area contributed by atoms with Gasteiger partial charge in [0.1, 0.15) is 13.0 Å². The van der Waals surface area contributed by atoms with Gasteiger partial charge in [0.2, 0.25) is 5.71 Å². The van der Waals surface area contributed by atoms with Crippen molar-refractivity contribution in [2.45, 2.75) is 82.7 Å². The molecule has 1 spiro atoms. The van der Waals surface area contributed by atoms with Crippen LogP contribution in [0, 0.1) is 23.2 Å². The van der Waals surface area contributed by atoms with Crippen LogP contribution in [0.3, 0.4) is 0 Å². The molecule has 6 aliphatic rings. The van der Waals surface area contributed by atoms with Crippen LogP contribution in [0.15, 0.2) is 0 Å². The summed E-state index contributed by atoms with van der Waals surface area (Å²) in [6.45, 7) is 1.10. The first-order valence-electron chi connectivity index (χ1n) is 9.97. The molecule has 5 saturated carbocycles. The Morgan fingerprint density at radius 3 is 2.17 bits per heavy atom. The topological polar surface area (TPSA) is 40.3 Å². The van der Waals surface area contributed by atoms with Crippen LogP contribution in [0.4, 0.5) is 0 Å². The van der Waals surface area contributed by atoms with Gasteiger partial charge in [0.05, 0.1) is 0 Å². The van der Waals surface area contributed by atoms with Gasteiger partial charge in [-0.3, -0.25) is 4.79 Å². The highest BCUT2D eigenvalue weighted by molar-refractivity contribution is 6.06. The second kappa shape index (κ2) is 5.07. The van der Waals surface area contributed by atoms with Gasteiger partial charge in [-0.25, -0.2) is 4.99 Å². The van der Waals surface area contributed by atoms with E-state index >= 15 is 0 Å². The first kappa shape index (κ1) is 14.5. The van der Waals surface area contributed by atoms with Crippen LogP contribution in [0.1, 0.15) is 77.0 Å². The van der Waals surface area contributed by atoms with Gasteiger partial charge >= 0.3 is 5.97 Å². The molecule has 5 aliphatic carbocycles. The minimum Gasteiger partial charge on any atom is -0.448 e. The summed E-state index contributed by atoms with van der Waals surface area (Å²) < 4.78 is 5.84. The molecule has 0 aromatic carbocycles. The third-order valence-corrected chi connectivity index (χ3v) is 7.68. The van der Waals surface area contributed by atoms with Crippen LogP contribution < -0.4 is 4.99 Å². The number of carbonyl (C=O) groups is 1. The second-order valence-corrected chi connectivity index (χ2v) is 9.46. The Morgan fingerprint density at radius 1 is 0.957 bits per heavy atom. The normalized spacial score (nSPS) is 45.8. The minimum absolute atomic E-state index is 0.0000814. The molecule has 23 heavy (non-hydrogen) atoms. The van der Waals surface area contributed by atoms with Crippen LogP contribution in [-0.2, 0) is 9.53 Å². The molecule has 0 amide bonds. The first-order valence-corrected chi connectivity index (χ1v) is 9.97. The molecule has 6 rings (SSSR count). The Bertz CT molecular complexity index is 509. The fraction of sp³-hybridized carbons (Fsp3) is 0.900. The van der Waals surface area contributed by atoms with E-state index in [2.05, 4.69) is 4.99 Å². The lowest BCUT2D eigenvalue weighted by atomic mass is 9.49. The van der Waals surface area contributed by atoms with E-state index in [1.807, 2.05) is 0 Å². The maximum atomic E-state index is 12.0. The van der Waals surface area contributed by atoms with E-state index in [-0.39, 0.29) is 11.6 Å². The molecule has 126 valence electrons. The lowest BCUT2D eigenvalue weighted by molar-refractivity contribution is -0.488. The molecule has 0 atom stereocenters. The molecule has 0 unspecified atom stereocenters. The van der Waals surface area contributed by atoms with Gasteiger partial charge in [-0.05, 0) is 82.0 Å². The van der Waals surface area contributed by atoms with Crippen molar-refractivity contribution in [3.8, 4) is 0 Å². The van der Waals surface area contributed by atoms with Crippen LogP contribution >= 0.6 is 0 Å². The summed E-state index contributed by atoms with van der Waals surface area (Å²) >= 11 is 0. The van der Waals surface area contributed by atoms with Gasteiger partial charge in [-0.2, -0.15) is 0 Å². The Labute approximate surface area is 139 Å². The van der Waals surface area contributed by atoms with Crippen molar-refractivity contribution in [1.29, 1.82) is 0 Å². The van der Waals surface area contributed by atoms with Gasteiger partial charge in [0.25, 0.3) is 0 Å². The number of ether oxygens (including phenoxy) is 1. The van der Waals surface area contributed by atoms with Crippen molar-refractivity contribution in [3.63, 3.8) is 0 Å². The Balaban J connectivity index is 1.38. The van der Waals surface area contributed by atoms with Gasteiger partial charge in [0.15, 0.2) is 5.60 Å². The van der Waals surface area contributed by atoms with Crippen molar-refractivity contribution < 1.29 is 14.5 Å². The summed E-state index contributed by atoms with van der Waals surface area (Å²) in [6.07, 6.45) is 15.1. The number of hydrogen-bond acceptors (Lipinski definition) is 2. The van der Waals surface area contributed by atoms with E-state index in [4.69, 9.17) is 4.74 Å². The van der Waals surface area contributed by atoms with Crippen molar-refractivity contribution in [1.82, 2.24) is 0 Å². The third kappa shape index (κ3) is 2.37. The van der Waals surface area contributed by atoms with Crippen LogP contribution in [0.25, 0.3) is 0 Å². The molecular weight excluding hydrogens is 286 g/mol. The quantitative estimate of drug-likeness (QED) is 0.795. The lowest BCUT2D eigenvalue weighted by Gasteiger charge is -2.55. The van der Waals surface area contributed by atoms with Crippen LogP contribution in [0.5, 0.6) is 0 Å². The summed E-state index contributed by atoms with van der Waals surface area (Å²) in [6, 6.07) is 0. The van der Waals surface area contributed by atoms with Crippen molar-refractivity contribution in [2.75, 3.05) is 6.54 Å². The molecular formula is C20H30NO2+. The monoisotopic (exact) mass is 316 g/mol. The first-order chi connectivity index (χ1) is 11.1. The summed E-state index contributed by atoms with van der Waals surface area (Å²) in [7, 11) is 0. The maximum Gasteiger partial charge on any atom is 0.317 e. The molecule has 0 radical (unpaired) electrons. The fourth-order valence-electron chi connectivity index (χ4n) is 7.17. The zero-order chi connectivity index (χ0) is 15.5. The van der Waals surface area contributed by atoms with E-state index < -0.39 is 0 Å². The molecule has 4 bridgehead atoms. The Kier molecular flexibility index (Phi) is 3.19. The minimum atomic E-state index is -0.238. The molecule has 3 nitrogen and oxygen atoms in total. The van der Waals surface area contributed by atoms with Crippen molar-refractivity contribution in [3.05, 3.63) is 0 Å². The van der Waals surface area contributed by atoms with Gasteiger partial charge in [-0.1, -0.05) is 6.42 Å². The summed E-state index contributed by atoms with van der Waals surface area (Å²) in [5.41, 5.74) is 1.53. The maximum absolute atomic E-state index is 12.0. The molecule has 1 saturated heterocycles. The van der Waals surface area contributed by atoms with E-state index in [9.17, 15) is 4.79 Å². The summed E-state index contributed by atoms with van der Waals surface area (Å²) in [5.74, 6) is 2.99. The predicted octanol–water partition coefficient (Wildman–Crippen LogP) is 2.37. The largest absolute Gasteiger partial charge is 0.448 e. The SMILES string of the molecule is O=C1CC(=[NH+]CC23CC4CC(CC(C4)C2)C3)C2(CCCCC2)O1. The van der Waals surface area contributed by atoms with Crippen LogP contribution in [-0.4, -0.2) is 23.8 Å². The molecule has 1 aliphatic heterocycles. The lowest BCUT2D eigenvalue weighted by Crippen LogP contribution is -2.80. The molecule has 0 aromatic rings. The van der Waals surface area contributed by atoms with E-state index in [1.54, 1.807) is 0 Å². The fourth-order valence-corrected chi connectivity index (χ4v) is 7.17. The van der Waals surface area contributed by atoms with E-state index in [0.717, 1.165) is 37.1 Å². The van der Waals surface area contributed by atoms with Crippen molar-refractivity contribution in [2.24, 2.45) is 23.2 Å². The summed E-state index contributed by atoms with van der Waals surface area (Å²) in [5, 5.41) is 0. The summed E-state index contributed by atoms with van der Waals surface area (Å²) in [4.78, 5) is 15.8. The standard InChI is InChI=1S/C20H29NO2/c22-18-9-17(20(23-18)4-2-1-3-5-20)21-13-19-10-14-6-15(11-19)8-16(7-14)12-19/h14-16H,1-13H2/p+1. The molecule has 1 N–H and O–H groups in total. The zero-order valence-corrected chi connectivity index (χ0v) is 14.2. The highest BCUT2D eigenvalue weighted by Crippen LogP contribution is 2.59. The molecule has 0 aromatic heterocycles. The van der Waals surface area contributed by atoms with Gasteiger partial charge in [-0.15, -0.1) is 0 Å². The smallest absolute Gasteiger partial charge is 0.317 e. The molecule has 3 heteroatoms. The second-order valence-electron chi connectivity index (χ2n) is 9.46. The number of esters is 1. The highest BCUT2D eigenvalue weighted by atomic mass is 16.6. The molecule has 6 fully saturated rings. The van der Waals surface area contributed by atoms with E-state index in [1.165, 1.54) is 63.5 Å². The van der Waals surface area contributed by atoms with Gasteiger partial charge in [0, 0.05) is 5.41 Å². The van der Waals surface area contributed by atoms with E-state index in [0.29, 0.717) is 11.8 Å². The number of hydrogen-bond donors (Lipinski definition) is 1. The number of rotatable bonds is 2. The average molecular weight is 316 g/mol. The Morgan fingerprint density at radius 2 is 1.57 bits per heavy atom. The van der Waals surface area contributed by atoms with Gasteiger partial charge < -0.3 is 4.74 Å². The predicted molar refractivity (Wildman–Crippen MR) is 88.0 cm³/mol.